The Hall–Kier alpha value is -3.72. The van der Waals surface area contributed by atoms with Crippen LogP contribution in [0.4, 0.5) is 0 Å². The van der Waals surface area contributed by atoms with Crippen molar-refractivity contribution in [3.63, 3.8) is 0 Å². The molecular formula is C26H28N2O6S. The zero-order valence-electron chi connectivity index (χ0n) is 20.3. The molecule has 0 N–H and O–H groups in total. The highest BCUT2D eigenvalue weighted by molar-refractivity contribution is 7.89. The molecule has 1 aliphatic heterocycles. The summed E-state index contributed by atoms with van der Waals surface area (Å²) in [6.45, 7) is 1.77. The van der Waals surface area contributed by atoms with Crippen LogP contribution in [0.3, 0.4) is 0 Å². The quantitative estimate of drug-likeness (QED) is 0.454. The number of hydrogen-bond acceptors (Lipinski definition) is 7. The van der Waals surface area contributed by atoms with Gasteiger partial charge in [0.05, 0.1) is 45.1 Å². The monoisotopic (exact) mass is 496 g/mol. The van der Waals surface area contributed by atoms with Crippen molar-refractivity contribution in [1.29, 1.82) is 0 Å². The van der Waals surface area contributed by atoms with E-state index in [0.29, 0.717) is 46.3 Å². The van der Waals surface area contributed by atoms with Gasteiger partial charge in [0.15, 0.2) is 11.5 Å². The highest BCUT2D eigenvalue weighted by Gasteiger charge is 2.40. The van der Waals surface area contributed by atoms with Crippen LogP contribution in [-0.2, 0) is 10.0 Å². The molecule has 4 rings (SSSR count). The third-order valence-electron chi connectivity index (χ3n) is 6.00. The molecule has 1 heterocycles. The molecule has 0 fully saturated rings. The molecule has 35 heavy (non-hydrogen) atoms. The lowest BCUT2D eigenvalue weighted by atomic mass is 9.98. The smallest absolute Gasteiger partial charge is 0.279 e. The molecule has 8 nitrogen and oxygen atoms in total. The van der Waals surface area contributed by atoms with Gasteiger partial charge in [-0.1, -0.05) is 18.2 Å². The first-order valence-corrected chi connectivity index (χ1v) is 12.4. The second-order valence-electron chi connectivity index (χ2n) is 7.99. The second kappa shape index (κ2) is 9.87. The van der Waals surface area contributed by atoms with Gasteiger partial charge in [-0.15, -0.1) is 0 Å². The van der Waals surface area contributed by atoms with Gasteiger partial charge in [-0.05, 0) is 55.0 Å². The SMILES string of the molecule is COc1ccc(OC)c(C2CC(c3ccc(OC)c(OC)c3)=NN2S(=O)(=O)c2ccccc2C)c1. The fourth-order valence-corrected chi connectivity index (χ4v) is 5.83. The van der Waals surface area contributed by atoms with Gasteiger partial charge in [-0.2, -0.15) is 17.9 Å². The summed E-state index contributed by atoms with van der Waals surface area (Å²) in [5.74, 6) is 2.24. The molecule has 0 amide bonds. The number of methoxy groups -OCH3 is 4. The van der Waals surface area contributed by atoms with E-state index < -0.39 is 16.1 Å². The van der Waals surface area contributed by atoms with Crippen molar-refractivity contribution in [1.82, 2.24) is 4.41 Å². The first-order chi connectivity index (χ1) is 16.8. The Bertz CT molecular complexity index is 1370. The maximum absolute atomic E-state index is 13.9. The highest BCUT2D eigenvalue weighted by Crippen LogP contribution is 2.43. The number of ether oxygens (including phenoxy) is 4. The third kappa shape index (κ3) is 4.51. The number of nitrogens with zero attached hydrogens (tertiary/aromatic N) is 2. The Kier molecular flexibility index (Phi) is 6.88. The maximum atomic E-state index is 13.9. The van der Waals surface area contributed by atoms with Gasteiger partial charge >= 0.3 is 0 Å². The van der Waals surface area contributed by atoms with Crippen LogP contribution in [0.15, 0.2) is 70.7 Å². The van der Waals surface area contributed by atoms with E-state index in [9.17, 15) is 8.42 Å². The largest absolute Gasteiger partial charge is 0.497 e. The number of hydrazone groups is 1. The molecule has 3 aromatic rings. The zero-order chi connectivity index (χ0) is 25.2. The van der Waals surface area contributed by atoms with Crippen LogP contribution in [0.1, 0.15) is 29.2 Å². The van der Waals surface area contributed by atoms with E-state index in [1.807, 2.05) is 6.07 Å². The first-order valence-electron chi connectivity index (χ1n) is 11.0. The van der Waals surface area contributed by atoms with Crippen LogP contribution in [-0.4, -0.2) is 47.0 Å². The van der Waals surface area contributed by atoms with Crippen molar-refractivity contribution in [3.05, 3.63) is 77.4 Å². The summed E-state index contributed by atoms with van der Waals surface area (Å²) in [5.41, 5.74) is 2.62. The minimum absolute atomic E-state index is 0.198. The molecule has 0 radical (unpaired) electrons. The average Bonchev–Trinajstić information content (AvgIpc) is 3.34. The van der Waals surface area contributed by atoms with Crippen molar-refractivity contribution < 1.29 is 27.4 Å². The predicted octanol–water partition coefficient (Wildman–Crippen LogP) is 4.57. The molecule has 0 spiro atoms. The molecular weight excluding hydrogens is 468 g/mol. The zero-order valence-corrected chi connectivity index (χ0v) is 21.1. The van der Waals surface area contributed by atoms with E-state index in [1.165, 1.54) is 4.41 Å². The fraction of sp³-hybridized carbons (Fsp3) is 0.269. The molecule has 0 bridgehead atoms. The van der Waals surface area contributed by atoms with E-state index in [-0.39, 0.29) is 4.90 Å². The lowest BCUT2D eigenvalue weighted by Crippen LogP contribution is -2.28. The van der Waals surface area contributed by atoms with Gasteiger partial charge in [0, 0.05) is 17.5 Å². The first kappa shape index (κ1) is 24.4. The Balaban J connectivity index is 1.88. The minimum Gasteiger partial charge on any atom is -0.497 e. The summed E-state index contributed by atoms with van der Waals surface area (Å²) in [4.78, 5) is 0.198. The molecule has 1 atom stereocenters. The van der Waals surface area contributed by atoms with Crippen molar-refractivity contribution in [2.24, 2.45) is 5.10 Å². The normalized spacial score (nSPS) is 15.5. The Morgan fingerprint density at radius 1 is 0.829 bits per heavy atom. The highest BCUT2D eigenvalue weighted by atomic mass is 32.2. The standard InChI is InChI=1S/C26H28N2O6S/c1-17-8-6-7-9-26(17)35(29,30)28-22(20-15-19(31-2)11-13-23(20)32-3)16-21(27-28)18-10-12-24(33-4)25(14-18)34-5/h6-15,22H,16H2,1-5H3. The van der Waals surface area contributed by atoms with Crippen LogP contribution in [0.2, 0.25) is 0 Å². The van der Waals surface area contributed by atoms with Crippen LogP contribution >= 0.6 is 0 Å². The lowest BCUT2D eigenvalue weighted by Gasteiger charge is -2.25. The molecule has 0 saturated heterocycles. The summed E-state index contributed by atoms with van der Waals surface area (Å²) in [7, 11) is 2.24. The van der Waals surface area contributed by atoms with Crippen LogP contribution in [0.25, 0.3) is 0 Å². The Labute approximate surface area is 205 Å². The summed E-state index contributed by atoms with van der Waals surface area (Å²) >= 11 is 0. The second-order valence-corrected chi connectivity index (χ2v) is 9.75. The number of hydrogen-bond donors (Lipinski definition) is 0. The third-order valence-corrected chi connectivity index (χ3v) is 7.85. The molecule has 0 aliphatic carbocycles. The fourth-order valence-electron chi connectivity index (χ4n) is 4.18. The van der Waals surface area contributed by atoms with Gasteiger partial charge in [0.1, 0.15) is 11.5 Å². The van der Waals surface area contributed by atoms with Crippen molar-refractivity contribution >= 4 is 15.7 Å². The lowest BCUT2D eigenvalue weighted by molar-refractivity contribution is 0.346. The van der Waals surface area contributed by atoms with Crippen LogP contribution < -0.4 is 18.9 Å². The van der Waals surface area contributed by atoms with Gasteiger partial charge in [0.2, 0.25) is 0 Å². The summed E-state index contributed by atoms with van der Waals surface area (Å²) < 4.78 is 50.8. The molecule has 1 aliphatic rings. The van der Waals surface area contributed by atoms with Gasteiger partial charge < -0.3 is 18.9 Å². The van der Waals surface area contributed by atoms with Gasteiger partial charge in [0.25, 0.3) is 10.0 Å². The average molecular weight is 497 g/mol. The predicted molar refractivity (Wildman–Crippen MR) is 133 cm³/mol. The molecule has 0 saturated carbocycles. The summed E-state index contributed by atoms with van der Waals surface area (Å²) in [5, 5.41) is 4.64. The van der Waals surface area contributed by atoms with E-state index in [2.05, 4.69) is 5.10 Å². The number of sulfonamides is 1. The molecule has 1 unspecified atom stereocenters. The van der Waals surface area contributed by atoms with Gasteiger partial charge in [-0.3, -0.25) is 0 Å². The van der Waals surface area contributed by atoms with Crippen molar-refractivity contribution in [3.8, 4) is 23.0 Å². The van der Waals surface area contributed by atoms with E-state index >= 15 is 0 Å². The number of benzene rings is 3. The van der Waals surface area contributed by atoms with Crippen molar-refractivity contribution in [2.75, 3.05) is 28.4 Å². The van der Waals surface area contributed by atoms with Gasteiger partial charge in [-0.25, -0.2) is 0 Å². The molecule has 9 heteroatoms. The maximum Gasteiger partial charge on any atom is 0.279 e. The molecule has 184 valence electrons. The van der Waals surface area contributed by atoms with E-state index in [0.717, 1.165) is 5.56 Å². The summed E-state index contributed by atoms with van der Waals surface area (Å²) in [6.07, 6.45) is 0.324. The number of aryl methyl sites for hydroxylation is 1. The van der Waals surface area contributed by atoms with Crippen LogP contribution in [0.5, 0.6) is 23.0 Å². The Morgan fingerprint density at radius 3 is 2.17 bits per heavy atom. The van der Waals surface area contributed by atoms with E-state index in [4.69, 9.17) is 18.9 Å². The summed E-state index contributed by atoms with van der Waals surface area (Å²) in [6, 6.07) is 17.0. The van der Waals surface area contributed by atoms with Crippen molar-refractivity contribution in [2.45, 2.75) is 24.3 Å². The number of rotatable bonds is 8. The topological polar surface area (TPSA) is 86.7 Å². The molecule has 3 aromatic carbocycles. The minimum atomic E-state index is -3.99. The molecule has 0 aromatic heterocycles. The van der Waals surface area contributed by atoms with Crippen LogP contribution in [0, 0.1) is 6.92 Å². The Morgan fingerprint density at radius 2 is 1.51 bits per heavy atom. The van der Waals surface area contributed by atoms with E-state index in [1.54, 1.807) is 90.0 Å².